The maximum Gasteiger partial charge on any atom is 0.427 e. The molecule has 62 heavy (non-hydrogen) atoms. The zero-order valence-corrected chi connectivity index (χ0v) is 36.2. The van der Waals surface area contributed by atoms with Gasteiger partial charge < -0.3 is 29.0 Å². The van der Waals surface area contributed by atoms with Crippen molar-refractivity contribution < 1.29 is 47.7 Å². The second-order valence-corrected chi connectivity index (χ2v) is 15.3. The molecule has 0 saturated carbocycles. The number of amides is 1. The third kappa shape index (κ3) is 17.0. The molecular weight excluding hydrogens is 789 g/mol. The van der Waals surface area contributed by atoms with Gasteiger partial charge in [0.1, 0.15) is 35.1 Å². The maximum atomic E-state index is 13.5. The van der Waals surface area contributed by atoms with Gasteiger partial charge in [0.2, 0.25) is 5.91 Å². The lowest BCUT2D eigenvalue weighted by atomic mass is 9.86. The predicted octanol–water partition coefficient (Wildman–Crippen LogP) is 8.33. The number of epoxide rings is 1. The highest BCUT2D eigenvalue weighted by atomic mass is 16.8. The molecule has 2 aromatic rings. The molecule has 4 rings (SSSR count). The average molecular weight is 848 g/mol. The van der Waals surface area contributed by atoms with Gasteiger partial charge >= 0.3 is 23.6 Å². The number of esters is 3. The lowest BCUT2D eigenvalue weighted by molar-refractivity contribution is -0.161. The van der Waals surface area contributed by atoms with Crippen molar-refractivity contribution in [1.29, 1.82) is 0 Å². The highest BCUT2D eigenvalue weighted by molar-refractivity contribution is 6.43. The Kier molecular flexibility index (Phi) is 20.5. The van der Waals surface area contributed by atoms with Crippen LogP contribution >= 0.6 is 0 Å². The minimum atomic E-state index is -1.15. The van der Waals surface area contributed by atoms with Crippen LogP contribution in [0.5, 0.6) is 11.5 Å². The molecule has 2 aliphatic rings. The van der Waals surface area contributed by atoms with Crippen molar-refractivity contribution in [3.63, 3.8) is 0 Å². The first kappa shape index (κ1) is 48.5. The van der Waals surface area contributed by atoms with Crippen LogP contribution < -0.4 is 19.5 Å². The van der Waals surface area contributed by atoms with E-state index in [4.69, 9.17) is 23.7 Å². The summed E-state index contributed by atoms with van der Waals surface area (Å²) in [5, 5.41) is 2.76. The highest BCUT2D eigenvalue weighted by Crippen LogP contribution is 2.45. The van der Waals surface area contributed by atoms with Crippen LogP contribution in [0.1, 0.15) is 108 Å². The van der Waals surface area contributed by atoms with Gasteiger partial charge in [0.25, 0.3) is 6.21 Å². The molecule has 328 valence electrons. The van der Waals surface area contributed by atoms with E-state index in [9.17, 15) is 24.0 Å². The van der Waals surface area contributed by atoms with Gasteiger partial charge in [-0.3, -0.25) is 14.4 Å². The number of benzene rings is 2. The van der Waals surface area contributed by atoms with Crippen LogP contribution in [-0.2, 0) is 33.4 Å². The largest absolute Gasteiger partial charge is 0.465 e. The number of allylic oxidation sites excluding steroid dienone is 11. The van der Waals surface area contributed by atoms with E-state index in [-0.39, 0.29) is 54.6 Å². The van der Waals surface area contributed by atoms with Crippen LogP contribution in [0.2, 0.25) is 0 Å². The maximum absolute atomic E-state index is 13.5. The number of nitrogens with one attached hydrogen (secondary N) is 1. The number of para-hydroxylation sites is 2. The van der Waals surface area contributed by atoms with Crippen molar-refractivity contribution in [1.82, 2.24) is 9.98 Å². The molecule has 0 spiro atoms. The van der Waals surface area contributed by atoms with Gasteiger partial charge in [-0.2, -0.15) is 0 Å². The predicted molar refractivity (Wildman–Crippen MR) is 240 cm³/mol. The number of rotatable bonds is 27. The van der Waals surface area contributed by atoms with E-state index in [0.29, 0.717) is 12.0 Å². The van der Waals surface area contributed by atoms with Crippen molar-refractivity contribution in [2.75, 3.05) is 13.2 Å². The van der Waals surface area contributed by atoms with Gasteiger partial charge in [0.15, 0.2) is 6.29 Å². The SMILES string of the molecule is CCC=CCC=CCC=CCC=CCC=CCCCC(=O)OCC(C)(C)C(OC1OC1c1ccccc1OC(=O)c1ccccc1OC(=O)C1=[N+]=CC=C1)C(=O)NCCC(C)=O. The van der Waals surface area contributed by atoms with Gasteiger partial charge in [-0.05, 0) is 70.1 Å². The molecular formula is C50H59N2O10+. The molecule has 3 atom stereocenters. The Morgan fingerprint density at radius 3 is 2.05 bits per heavy atom. The van der Waals surface area contributed by atoms with Crippen molar-refractivity contribution >= 4 is 41.5 Å². The summed E-state index contributed by atoms with van der Waals surface area (Å²) in [4.78, 5) is 63.9. The topological polar surface area (TPSA) is 161 Å². The molecule has 1 saturated heterocycles. The highest BCUT2D eigenvalue weighted by Gasteiger charge is 2.49. The van der Waals surface area contributed by atoms with Crippen LogP contribution in [0.4, 0.5) is 0 Å². The van der Waals surface area contributed by atoms with Crippen molar-refractivity contribution in [2.45, 2.75) is 104 Å². The van der Waals surface area contributed by atoms with Crippen LogP contribution in [0.3, 0.4) is 0 Å². The summed E-state index contributed by atoms with van der Waals surface area (Å²) in [6, 6.07) is 12.9. The number of unbranched alkanes of at least 4 members (excludes halogenated alkanes) is 1. The Morgan fingerprint density at radius 1 is 0.790 bits per heavy atom. The third-order valence-corrected chi connectivity index (χ3v) is 9.46. The summed E-state index contributed by atoms with van der Waals surface area (Å²) >= 11 is 0. The van der Waals surface area contributed by atoms with E-state index in [2.05, 4.69) is 77.7 Å². The monoisotopic (exact) mass is 847 g/mol. The molecule has 3 unspecified atom stereocenters. The van der Waals surface area contributed by atoms with Gasteiger partial charge in [0.05, 0.1) is 6.61 Å². The van der Waals surface area contributed by atoms with Gasteiger partial charge in [0, 0.05) is 42.5 Å². The summed E-state index contributed by atoms with van der Waals surface area (Å²) in [6.07, 6.45) is 29.5. The Balaban J connectivity index is 1.27. The number of ether oxygens (including phenoxy) is 5. The molecule has 12 heteroatoms. The number of carbonyl (C=O) groups excluding carboxylic acids is 5. The molecule has 12 nitrogen and oxygen atoms in total. The van der Waals surface area contributed by atoms with Gasteiger partial charge in [-0.1, -0.05) is 117 Å². The Morgan fingerprint density at radius 2 is 1.40 bits per heavy atom. The molecule has 1 amide bonds. The number of ketones is 1. The third-order valence-electron chi connectivity index (χ3n) is 9.46. The summed E-state index contributed by atoms with van der Waals surface area (Å²) in [5.74, 6) is -2.31. The zero-order valence-electron chi connectivity index (χ0n) is 36.2. The number of hydrogen-bond donors (Lipinski definition) is 1. The van der Waals surface area contributed by atoms with Gasteiger partial charge in [-0.25, -0.2) is 9.59 Å². The fourth-order valence-electron chi connectivity index (χ4n) is 6.02. The molecule has 1 N–H and O–H groups in total. The minimum Gasteiger partial charge on any atom is -0.465 e. The smallest absolute Gasteiger partial charge is 0.427 e. The van der Waals surface area contributed by atoms with E-state index < -0.39 is 47.7 Å². The first-order valence-electron chi connectivity index (χ1n) is 21.2. The molecule has 0 aromatic heterocycles. The zero-order chi connectivity index (χ0) is 44.6. The number of carbonyl (C=O) groups is 5. The van der Waals surface area contributed by atoms with E-state index in [1.165, 1.54) is 31.3 Å². The molecule has 0 bridgehead atoms. The van der Waals surface area contributed by atoms with Crippen molar-refractivity contribution in [3.05, 3.63) is 133 Å². The fraction of sp³-hybridized carbons (Fsp3) is 0.380. The summed E-state index contributed by atoms with van der Waals surface area (Å²) in [6.45, 7) is 7.05. The molecule has 1 fully saturated rings. The Labute approximate surface area is 364 Å². The molecule has 2 aromatic carbocycles. The van der Waals surface area contributed by atoms with Crippen molar-refractivity contribution in [2.24, 2.45) is 5.41 Å². The number of nitrogens with zero attached hydrogens (tertiary/aromatic N) is 1. The first-order valence-corrected chi connectivity index (χ1v) is 21.2. The molecule has 0 radical (unpaired) electrons. The average Bonchev–Trinajstić information content (AvgIpc) is 3.79. The Hall–Kier alpha value is -6.20. The lowest BCUT2D eigenvalue weighted by Crippen LogP contribution is -2.48. The van der Waals surface area contributed by atoms with Crippen LogP contribution in [0.15, 0.2) is 121 Å². The number of hydrogen-bond acceptors (Lipinski definition) is 10. The van der Waals surface area contributed by atoms with E-state index >= 15 is 0 Å². The molecule has 0 aliphatic carbocycles. The van der Waals surface area contributed by atoms with Crippen LogP contribution in [0, 0.1) is 5.41 Å². The normalized spacial score (nSPS) is 16.4. The first-order chi connectivity index (χ1) is 30.0. The minimum absolute atomic E-state index is 0.00116. The second kappa shape index (κ2) is 26.2. The second-order valence-electron chi connectivity index (χ2n) is 15.3. The van der Waals surface area contributed by atoms with Gasteiger partial charge in [-0.15, -0.1) is 0 Å². The summed E-state index contributed by atoms with van der Waals surface area (Å²) in [7, 11) is 0. The molecule has 2 heterocycles. The quantitative estimate of drug-likeness (QED) is 0.0231. The number of Topliss-reactive ketones (excluding diaryl/α,β-unsaturated/α-hetero) is 1. The van der Waals surface area contributed by atoms with E-state index in [1.54, 1.807) is 56.3 Å². The van der Waals surface area contributed by atoms with Crippen molar-refractivity contribution in [3.8, 4) is 11.5 Å². The summed E-state index contributed by atoms with van der Waals surface area (Å²) < 4.78 is 33.0. The molecule has 2 aliphatic heterocycles. The lowest BCUT2D eigenvalue weighted by Gasteiger charge is -2.32. The summed E-state index contributed by atoms with van der Waals surface area (Å²) in [5.41, 5.74) is -0.425. The standard InChI is InChI=1S/C50H58N2O10/c1-5-6-7-8-9-10-11-12-13-14-15-16-17-18-19-20-21-32-43(54)58-36-50(3,4)45(46(55)52-35-33-37(2)53)62-49-44(61-49)38-27-22-24-30-41(38)59-47(56)39-28-23-25-31-42(39)60-48(57)40-29-26-34-51-40/h6-7,9-10,12-13,15-16,18-19,22-31,34,44-45,49H,5,8,11,14,17,20-21,32-33,35-36H2,1-4H3/p+1. The fourth-order valence-corrected chi connectivity index (χ4v) is 6.02. The van der Waals surface area contributed by atoms with E-state index in [0.717, 1.165) is 38.5 Å². The van der Waals surface area contributed by atoms with Crippen LogP contribution in [0.25, 0.3) is 0 Å². The van der Waals surface area contributed by atoms with Crippen LogP contribution in [-0.4, -0.2) is 67.1 Å². The van der Waals surface area contributed by atoms with E-state index in [1.807, 2.05) is 0 Å². The Bertz CT molecular complexity index is 2100.